The van der Waals surface area contributed by atoms with Gasteiger partial charge < -0.3 is 5.32 Å². The lowest BCUT2D eigenvalue weighted by Gasteiger charge is -2.10. The summed E-state index contributed by atoms with van der Waals surface area (Å²) in [5.41, 5.74) is 3.19. The average Bonchev–Trinajstić information content (AvgIpc) is 2.28. The minimum absolute atomic E-state index is 0.333. The number of halogens is 1. The zero-order chi connectivity index (χ0) is 11.4. The number of terminal acetylenes is 1. The van der Waals surface area contributed by atoms with Crippen molar-refractivity contribution < 1.29 is 4.39 Å². The first-order valence-electron chi connectivity index (χ1n) is 4.88. The number of hydrogen-bond acceptors (Lipinski definition) is 1. The van der Waals surface area contributed by atoms with Crippen molar-refractivity contribution in [2.24, 2.45) is 0 Å². The summed E-state index contributed by atoms with van der Waals surface area (Å²) in [6.45, 7) is 0. The molecule has 16 heavy (non-hydrogen) atoms. The van der Waals surface area contributed by atoms with E-state index >= 15 is 0 Å². The van der Waals surface area contributed by atoms with Crippen molar-refractivity contribution in [3.63, 3.8) is 0 Å². The Kier molecular flexibility index (Phi) is 2.88. The Morgan fingerprint density at radius 3 is 1.88 bits per heavy atom. The lowest BCUT2D eigenvalue weighted by Crippen LogP contribution is -1.89. The fourth-order valence-corrected chi connectivity index (χ4v) is 1.30. The molecule has 0 aliphatic heterocycles. The van der Waals surface area contributed by atoms with Crippen LogP contribution in [-0.2, 0) is 0 Å². The van der Waals surface area contributed by atoms with Crippen LogP contribution in [0.3, 0.4) is 0 Å². The average molecular weight is 211 g/mol. The van der Waals surface area contributed by atoms with Crippen molar-refractivity contribution in [3.8, 4) is 23.6 Å². The Labute approximate surface area is 93.9 Å². The number of para-hydroxylation sites is 1. The lowest BCUT2D eigenvalue weighted by atomic mass is 9.95. The van der Waals surface area contributed by atoms with Crippen molar-refractivity contribution in [2.45, 2.75) is 0 Å². The molecule has 78 valence electrons. The number of rotatable bonds is 1. The summed E-state index contributed by atoms with van der Waals surface area (Å²) >= 11 is 0. The van der Waals surface area contributed by atoms with E-state index in [-0.39, 0.29) is 5.82 Å². The number of nitrogens with one attached hydrogen (secondary N) is 1. The number of anilines is 1. The molecule has 2 aliphatic carbocycles. The molecule has 0 heterocycles. The molecule has 1 N–H and O–H groups in total. The number of benzene rings is 2. The van der Waals surface area contributed by atoms with Gasteiger partial charge in [-0.15, -0.1) is 0 Å². The Bertz CT molecular complexity index is 502. The van der Waals surface area contributed by atoms with Crippen LogP contribution in [-0.4, -0.2) is 0 Å². The molecular formula is C14H10FN. The van der Waals surface area contributed by atoms with Crippen LogP contribution in [0.2, 0.25) is 0 Å². The van der Waals surface area contributed by atoms with Crippen molar-refractivity contribution in [1.82, 2.24) is 0 Å². The second-order valence-corrected chi connectivity index (χ2v) is 3.33. The van der Waals surface area contributed by atoms with Crippen LogP contribution in [0.1, 0.15) is 0 Å². The number of hydrogen-bond donors (Lipinski definition) is 1. The maximum Gasteiger partial charge on any atom is 0.147 e. The molecule has 0 saturated carbocycles. The summed E-state index contributed by atoms with van der Waals surface area (Å²) in [5.74, 6) is -0.333. The minimum Gasteiger partial charge on any atom is -0.312 e. The monoisotopic (exact) mass is 211 g/mol. The molecule has 3 rings (SSSR count). The SMILES string of the molecule is C#CNc1ccccc1F.c1cc2ccc1-2. The van der Waals surface area contributed by atoms with Crippen molar-refractivity contribution in [3.05, 3.63) is 54.3 Å². The van der Waals surface area contributed by atoms with Crippen molar-refractivity contribution in [1.29, 1.82) is 0 Å². The highest BCUT2D eigenvalue weighted by atomic mass is 19.1. The molecule has 0 unspecified atom stereocenters. The topological polar surface area (TPSA) is 12.0 Å². The van der Waals surface area contributed by atoms with Crippen LogP contribution in [0.5, 0.6) is 0 Å². The van der Waals surface area contributed by atoms with E-state index in [1.807, 2.05) is 0 Å². The predicted molar refractivity (Wildman–Crippen MR) is 64.3 cm³/mol. The molecule has 1 nitrogen and oxygen atoms in total. The molecule has 0 fully saturated rings. The molecule has 1 aromatic rings. The Morgan fingerprint density at radius 1 is 0.938 bits per heavy atom. The fourth-order valence-electron chi connectivity index (χ4n) is 1.30. The first kappa shape index (κ1) is 10.3. The van der Waals surface area contributed by atoms with Crippen LogP contribution in [0.25, 0.3) is 11.1 Å². The van der Waals surface area contributed by atoms with Gasteiger partial charge in [0.05, 0.1) is 5.69 Å². The summed E-state index contributed by atoms with van der Waals surface area (Å²) in [7, 11) is 0. The van der Waals surface area contributed by atoms with Gasteiger partial charge in [0, 0.05) is 6.04 Å². The lowest BCUT2D eigenvalue weighted by molar-refractivity contribution is 0.632. The summed E-state index contributed by atoms with van der Waals surface area (Å²) in [6, 6.07) is 16.9. The molecule has 1 aromatic carbocycles. The zero-order valence-electron chi connectivity index (χ0n) is 8.57. The maximum absolute atomic E-state index is 12.6. The van der Waals surface area contributed by atoms with Crippen molar-refractivity contribution in [2.75, 3.05) is 5.32 Å². The van der Waals surface area contributed by atoms with E-state index in [1.54, 1.807) is 18.2 Å². The van der Waals surface area contributed by atoms with Crippen molar-refractivity contribution >= 4 is 5.69 Å². The van der Waals surface area contributed by atoms with E-state index in [0.29, 0.717) is 5.69 Å². The van der Waals surface area contributed by atoms with Gasteiger partial charge in [-0.25, -0.2) is 4.39 Å². The molecule has 2 aliphatic rings. The first-order valence-corrected chi connectivity index (χ1v) is 4.88. The van der Waals surface area contributed by atoms with Gasteiger partial charge >= 0.3 is 0 Å². The highest BCUT2D eigenvalue weighted by Crippen LogP contribution is 2.29. The second kappa shape index (κ2) is 4.50. The summed E-state index contributed by atoms with van der Waals surface area (Å²) in [5, 5.41) is 2.43. The number of fused-ring (bicyclic) bond motifs is 1. The van der Waals surface area contributed by atoms with Crippen LogP contribution in [0.4, 0.5) is 10.1 Å². The third-order valence-electron chi connectivity index (χ3n) is 2.30. The largest absolute Gasteiger partial charge is 0.312 e. The van der Waals surface area contributed by atoms with Crippen LogP contribution in [0, 0.1) is 18.3 Å². The first-order chi connectivity index (χ1) is 7.81. The summed E-state index contributed by atoms with van der Waals surface area (Å²) in [4.78, 5) is 0. The molecule has 0 amide bonds. The molecule has 0 aromatic heterocycles. The smallest absolute Gasteiger partial charge is 0.147 e. The second-order valence-electron chi connectivity index (χ2n) is 3.33. The quantitative estimate of drug-likeness (QED) is 0.480. The van der Waals surface area contributed by atoms with E-state index < -0.39 is 0 Å². The molecule has 0 atom stereocenters. The molecule has 2 heteroatoms. The van der Waals surface area contributed by atoms with E-state index in [4.69, 9.17) is 6.42 Å². The highest BCUT2D eigenvalue weighted by molar-refractivity contribution is 5.75. The van der Waals surface area contributed by atoms with Gasteiger partial charge in [0.25, 0.3) is 0 Å². The van der Waals surface area contributed by atoms with Gasteiger partial charge in [-0.2, -0.15) is 0 Å². The van der Waals surface area contributed by atoms with E-state index in [1.165, 1.54) is 17.2 Å². The highest BCUT2D eigenvalue weighted by Gasteiger charge is 2.03. The van der Waals surface area contributed by atoms with Gasteiger partial charge in [-0.1, -0.05) is 42.8 Å². The maximum atomic E-state index is 12.6. The molecular weight excluding hydrogens is 201 g/mol. The Balaban J connectivity index is 0.000000134. The predicted octanol–water partition coefficient (Wildman–Crippen LogP) is 3.50. The van der Waals surface area contributed by atoms with Gasteiger partial charge in [-0.05, 0) is 23.3 Å². The standard InChI is InChI=1S/C8H6FN.C6H4/c1-2-10-8-6-4-3-5-7(8)9;1-2-6-4-3-5(1)6/h1,3-6,10H;1-4H. The van der Waals surface area contributed by atoms with Gasteiger partial charge in [0.15, 0.2) is 0 Å². The van der Waals surface area contributed by atoms with Crippen LogP contribution < -0.4 is 5.32 Å². The fraction of sp³-hybridized carbons (Fsp3) is 0. The normalized spacial score (nSPS) is 9.50. The van der Waals surface area contributed by atoms with Gasteiger partial charge in [-0.3, -0.25) is 0 Å². The van der Waals surface area contributed by atoms with E-state index in [0.717, 1.165) is 0 Å². The molecule has 0 saturated heterocycles. The summed E-state index contributed by atoms with van der Waals surface area (Å²) in [6.07, 6.45) is 4.90. The van der Waals surface area contributed by atoms with E-state index in [9.17, 15) is 4.39 Å². The zero-order valence-corrected chi connectivity index (χ0v) is 8.57. The van der Waals surface area contributed by atoms with Crippen LogP contribution in [0.15, 0.2) is 48.5 Å². The molecule has 0 bridgehead atoms. The van der Waals surface area contributed by atoms with Gasteiger partial charge in [0.1, 0.15) is 5.82 Å². The molecule has 0 radical (unpaired) electrons. The Morgan fingerprint density at radius 2 is 1.50 bits per heavy atom. The molecule has 0 spiro atoms. The summed E-state index contributed by atoms with van der Waals surface area (Å²) < 4.78 is 12.6. The van der Waals surface area contributed by atoms with Gasteiger partial charge in [0.2, 0.25) is 0 Å². The Hall–Kier alpha value is -2.27. The third-order valence-corrected chi connectivity index (χ3v) is 2.30. The third kappa shape index (κ3) is 2.04. The van der Waals surface area contributed by atoms with Crippen LogP contribution >= 0.6 is 0 Å². The van der Waals surface area contributed by atoms with E-state index in [2.05, 4.69) is 35.6 Å². The minimum atomic E-state index is -0.333.